The summed E-state index contributed by atoms with van der Waals surface area (Å²) in [6.45, 7) is 0. The second-order valence-corrected chi connectivity index (χ2v) is 9.71. The Balaban J connectivity index is 0.000000161. The Morgan fingerprint density at radius 1 is 0.575 bits per heavy atom. The van der Waals surface area contributed by atoms with Gasteiger partial charge >= 0.3 is 0 Å². The fourth-order valence-electron chi connectivity index (χ4n) is 4.91. The number of rotatable bonds is 4. The number of hydrogen-bond donors (Lipinski definition) is 4. The molecule has 208 valence electrons. The normalized spacial score (nSPS) is 20.9. The minimum absolute atomic E-state index is 0.134. The Morgan fingerprint density at radius 3 is 1.30 bits per heavy atom. The van der Waals surface area contributed by atoms with Gasteiger partial charge in [0.05, 0.1) is 26.4 Å². The largest absolute Gasteiger partial charge is 0.508 e. The first-order chi connectivity index (χ1) is 19.3. The Morgan fingerprint density at radius 2 is 0.950 bits per heavy atom. The predicted molar refractivity (Wildman–Crippen MR) is 148 cm³/mol. The molecule has 0 spiro atoms. The van der Waals surface area contributed by atoms with Gasteiger partial charge in [0.15, 0.2) is 0 Å². The highest BCUT2D eigenvalue weighted by Gasteiger charge is 2.29. The van der Waals surface area contributed by atoms with Gasteiger partial charge < -0.3 is 39.4 Å². The first-order valence-corrected chi connectivity index (χ1v) is 13.0. The molecular weight excluding hydrogens is 512 g/mol. The van der Waals surface area contributed by atoms with Crippen molar-refractivity contribution in [3.05, 3.63) is 107 Å². The average molecular weight is 545 g/mol. The fourth-order valence-corrected chi connectivity index (χ4v) is 4.91. The second-order valence-electron chi connectivity index (χ2n) is 9.71. The van der Waals surface area contributed by atoms with Gasteiger partial charge in [0, 0.05) is 24.0 Å². The number of aromatic hydroxyl groups is 2. The van der Waals surface area contributed by atoms with E-state index >= 15 is 0 Å². The van der Waals surface area contributed by atoms with Crippen LogP contribution in [0.2, 0.25) is 0 Å². The second kappa shape index (κ2) is 11.8. The van der Waals surface area contributed by atoms with Crippen LogP contribution in [-0.4, -0.2) is 34.6 Å². The lowest BCUT2D eigenvalue weighted by molar-refractivity contribution is 0.0651. The van der Waals surface area contributed by atoms with E-state index < -0.39 is 12.2 Å². The minimum atomic E-state index is -0.641. The van der Waals surface area contributed by atoms with E-state index in [4.69, 9.17) is 18.9 Å². The molecule has 4 aromatic carbocycles. The maximum Gasteiger partial charge on any atom is 0.127 e. The molecule has 4 unspecified atom stereocenters. The summed E-state index contributed by atoms with van der Waals surface area (Å²) in [5.74, 6) is 3.07. The molecule has 8 nitrogen and oxygen atoms in total. The summed E-state index contributed by atoms with van der Waals surface area (Å²) in [5, 5.41) is 39.3. The summed E-state index contributed by atoms with van der Waals surface area (Å²) in [6.07, 6.45) is -0.761. The zero-order chi connectivity index (χ0) is 28.2. The Kier molecular flexibility index (Phi) is 8.00. The summed E-state index contributed by atoms with van der Waals surface area (Å²) in [6, 6.07) is 24.8. The van der Waals surface area contributed by atoms with Gasteiger partial charge in [-0.1, -0.05) is 24.3 Å². The molecule has 4 atom stereocenters. The minimum Gasteiger partial charge on any atom is -0.508 e. The molecule has 0 saturated carbocycles. The van der Waals surface area contributed by atoms with Gasteiger partial charge in [-0.2, -0.15) is 0 Å². The van der Waals surface area contributed by atoms with Gasteiger partial charge in [0.2, 0.25) is 0 Å². The predicted octanol–water partition coefficient (Wildman–Crippen LogP) is 5.92. The molecule has 4 N–H and O–H groups in total. The number of hydrogen-bond acceptors (Lipinski definition) is 8. The van der Waals surface area contributed by atoms with Gasteiger partial charge in [0.1, 0.15) is 46.7 Å². The highest BCUT2D eigenvalue weighted by atomic mass is 16.5. The molecule has 0 saturated heterocycles. The fraction of sp³-hybridized carbons (Fsp3) is 0.250. The summed E-state index contributed by atoms with van der Waals surface area (Å²) in [4.78, 5) is 0. The zero-order valence-electron chi connectivity index (χ0n) is 22.2. The van der Waals surface area contributed by atoms with Crippen LogP contribution >= 0.6 is 0 Å². The van der Waals surface area contributed by atoms with Crippen LogP contribution in [0.15, 0.2) is 84.9 Å². The van der Waals surface area contributed by atoms with E-state index in [9.17, 15) is 20.4 Å². The first-order valence-electron chi connectivity index (χ1n) is 13.0. The lowest BCUT2D eigenvalue weighted by Gasteiger charge is -2.30. The van der Waals surface area contributed by atoms with Crippen LogP contribution in [0, 0.1) is 0 Å². The van der Waals surface area contributed by atoms with Crippen LogP contribution in [-0.2, 0) is 0 Å². The molecule has 0 aromatic heterocycles. The van der Waals surface area contributed by atoms with Crippen LogP contribution in [0.25, 0.3) is 0 Å². The van der Waals surface area contributed by atoms with Crippen LogP contribution in [0.4, 0.5) is 0 Å². The lowest BCUT2D eigenvalue weighted by Crippen LogP contribution is -2.18. The number of fused-ring (bicyclic) bond motifs is 2. The molecular formula is C32H32O8. The van der Waals surface area contributed by atoms with E-state index in [1.807, 2.05) is 48.5 Å². The third-order valence-corrected chi connectivity index (χ3v) is 7.09. The summed E-state index contributed by atoms with van der Waals surface area (Å²) in [7, 11) is 3.25. The molecule has 40 heavy (non-hydrogen) atoms. The van der Waals surface area contributed by atoms with Crippen LogP contribution in [0.3, 0.4) is 0 Å². The third-order valence-electron chi connectivity index (χ3n) is 7.09. The van der Waals surface area contributed by atoms with E-state index in [0.717, 1.165) is 22.6 Å². The standard InChI is InChI=1S/2C16H16O4/c2*1-19-12-5-2-10(3-6-12)16-9-14(18)13-8-11(17)4-7-15(13)20-16/h2*2-8,14,16-18H,9H2,1H3. The van der Waals surface area contributed by atoms with E-state index in [2.05, 4.69) is 0 Å². The van der Waals surface area contributed by atoms with Crippen molar-refractivity contribution in [1.29, 1.82) is 0 Å². The van der Waals surface area contributed by atoms with Crippen molar-refractivity contribution in [3.63, 3.8) is 0 Å². The number of phenolic OH excluding ortho intramolecular Hbond substituents is 2. The average Bonchev–Trinajstić information content (AvgIpc) is 2.98. The summed E-state index contributed by atoms with van der Waals surface area (Å²) in [5.41, 5.74) is 3.25. The SMILES string of the molecule is COc1ccc(C2CC(O)c3cc(O)ccc3O2)cc1.COc1ccc(C2CC(O)c3cc(O)ccc3O2)cc1. The molecule has 4 aromatic rings. The van der Waals surface area contributed by atoms with Crippen molar-refractivity contribution in [2.75, 3.05) is 14.2 Å². The van der Waals surface area contributed by atoms with Crippen molar-refractivity contribution < 1.29 is 39.4 Å². The van der Waals surface area contributed by atoms with E-state index in [1.54, 1.807) is 50.6 Å². The zero-order valence-corrected chi connectivity index (χ0v) is 22.2. The molecule has 0 aliphatic carbocycles. The topological polar surface area (TPSA) is 118 Å². The number of ether oxygens (including phenoxy) is 4. The number of aliphatic hydroxyl groups is 2. The maximum atomic E-state index is 10.2. The van der Waals surface area contributed by atoms with E-state index in [1.165, 1.54) is 0 Å². The van der Waals surface area contributed by atoms with E-state index in [0.29, 0.717) is 35.5 Å². The third kappa shape index (κ3) is 5.93. The van der Waals surface area contributed by atoms with Crippen molar-refractivity contribution >= 4 is 0 Å². The summed E-state index contributed by atoms with van der Waals surface area (Å²) < 4.78 is 22.1. The monoisotopic (exact) mass is 544 g/mol. The van der Waals surface area contributed by atoms with Gasteiger partial charge in [-0.25, -0.2) is 0 Å². The van der Waals surface area contributed by atoms with Crippen LogP contribution in [0.1, 0.15) is 59.5 Å². The van der Waals surface area contributed by atoms with Crippen molar-refractivity contribution in [2.24, 2.45) is 0 Å². The highest BCUT2D eigenvalue weighted by Crippen LogP contribution is 2.43. The smallest absolute Gasteiger partial charge is 0.127 e. The van der Waals surface area contributed by atoms with Gasteiger partial charge in [0.25, 0.3) is 0 Å². The molecule has 2 heterocycles. The molecule has 2 aliphatic rings. The first kappa shape index (κ1) is 27.2. The lowest BCUT2D eigenvalue weighted by atomic mass is 9.95. The maximum absolute atomic E-state index is 10.2. The molecule has 0 bridgehead atoms. The highest BCUT2D eigenvalue weighted by molar-refractivity contribution is 5.44. The van der Waals surface area contributed by atoms with Crippen molar-refractivity contribution in [3.8, 4) is 34.5 Å². The quantitative estimate of drug-likeness (QED) is 0.250. The molecule has 2 aliphatic heterocycles. The molecule has 0 amide bonds. The van der Waals surface area contributed by atoms with Crippen LogP contribution in [0.5, 0.6) is 34.5 Å². The molecule has 0 radical (unpaired) electrons. The van der Waals surface area contributed by atoms with E-state index in [-0.39, 0.29) is 23.7 Å². The number of methoxy groups -OCH3 is 2. The van der Waals surface area contributed by atoms with Crippen molar-refractivity contribution in [1.82, 2.24) is 0 Å². The van der Waals surface area contributed by atoms with Crippen LogP contribution < -0.4 is 18.9 Å². The number of aliphatic hydroxyl groups excluding tert-OH is 2. The molecule has 8 heteroatoms. The Bertz CT molecular complexity index is 1320. The molecule has 0 fully saturated rings. The van der Waals surface area contributed by atoms with Gasteiger partial charge in [-0.15, -0.1) is 0 Å². The summed E-state index contributed by atoms with van der Waals surface area (Å²) >= 11 is 0. The van der Waals surface area contributed by atoms with Gasteiger partial charge in [-0.05, 0) is 71.8 Å². The van der Waals surface area contributed by atoms with Gasteiger partial charge in [-0.3, -0.25) is 0 Å². The number of benzene rings is 4. The number of phenols is 2. The molecule has 6 rings (SSSR count). The Labute approximate surface area is 232 Å². The van der Waals surface area contributed by atoms with Crippen molar-refractivity contribution in [2.45, 2.75) is 37.3 Å². The Hall–Kier alpha value is -4.40.